The molecule has 0 atom stereocenters. The second-order valence-electron chi connectivity index (χ2n) is 15.7. The Morgan fingerprint density at radius 2 is 1.02 bits per heavy atom. The van der Waals surface area contributed by atoms with Crippen LogP contribution in [0.4, 0.5) is 17.1 Å². The van der Waals surface area contributed by atoms with E-state index in [-0.39, 0.29) is 5.41 Å². The van der Waals surface area contributed by atoms with Crippen molar-refractivity contribution in [3.8, 4) is 44.5 Å². The van der Waals surface area contributed by atoms with E-state index in [1.165, 1.54) is 86.6 Å². The first kappa shape index (κ1) is 33.6. The smallest absolute Gasteiger partial charge is 0.0546 e. The summed E-state index contributed by atoms with van der Waals surface area (Å²) in [7, 11) is 0. The van der Waals surface area contributed by atoms with Gasteiger partial charge in [0.05, 0.1) is 5.69 Å². The fourth-order valence-electron chi connectivity index (χ4n) is 9.29. The summed E-state index contributed by atoms with van der Waals surface area (Å²) in [6.07, 6.45) is 0. The monoisotopic (exact) mass is 745 g/mol. The molecule has 0 fully saturated rings. The second-order valence-corrected chi connectivity index (χ2v) is 16.8. The number of rotatable bonds is 6. The van der Waals surface area contributed by atoms with Crippen LogP contribution in [-0.4, -0.2) is 0 Å². The van der Waals surface area contributed by atoms with Crippen molar-refractivity contribution in [2.24, 2.45) is 0 Å². The van der Waals surface area contributed by atoms with Crippen molar-refractivity contribution in [1.29, 1.82) is 0 Å². The average Bonchev–Trinajstić information content (AvgIpc) is 3.75. The Bertz CT molecular complexity index is 3150. The molecule has 1 aliphatic rings. The normalized spacial score (nSPS) is 12.9. The van der Waals surface area contributed by atoms with E-state index in [2.05, 4.69) is 219 Å². The van der Waals surface area contributed by atoms with Crippen molar-refractivity contribution in [3.63, 3.8) is 0 Å². The fourth-order valence-corrected chi connectivity index (χ4v) is 10.4. The van der Waals surface area contributed by atoms with Crippen LogP contribution in [0.3, 0.4) is 0 Å². The summed E-state index contributed by atoms with van der Waals surface area (Å²) < 4.78 is 2.59. The van der Waals surface area contributed by atoms with Gasteiger partial charge in [-0.3, -0.25) is 0 Å². The van der Waals surface area contributed by atoms with Crippen molar-refractivity contribution in [2.75, 3.05) is 4.90 Å². The predicted octanol–water partition coefficient (Wildman–Crippen LogP) is 16.0. The summed E-state index contributed by atoms with van der Waals surface area (Å²) in [6.45, 7) is 4.74. The Hall–Kier alpha value is -6.74. The van der Waals surface area contributed by atoms with Gasteiger partial charge in [0.1, 0.15) is 0 Å². The lowest BCUT2D eigenvalue weighted by atomic mass is 9.79. The van der Waals surface area contributed by atoms with Gasteiger partial charge < -0.3 is 4.90 Å². The molecule has 1 heterocycles. The number of nitrogens with zero attached hydrogens (tertiary/aromatic N) is 1. The summed E-state index contributed by atoms with van der Waals surface area (Å²) in [4.78, 5) is 2.47. The lowest BCUT2D eigenvalue weighted by Crippen LogP contribution is -2.16. The molecule has 11 rings (SSSR count). The minimum atomic E-state index is -0.0966. The van der Waals surface area contributed by atoms with Crippen LogP contribution < -0.4 is 4.90 Å². The first-order chi connectivity index (χ1) is 28.0. The zero-order valence-corrected chi connectivity index (χ0v) is 32.7. The zero-order chi connectivity index (χ0) is 38.1. The number of anilines is 3. The van der Waals surface area contributed by atoms with E-state index in [4.69, 9.17) is 0 Å². The Labute approximate surface area is 337 Å². The van der Waals surface area contributed by atoms with E-state index < -0.39 is 0 Å². The summed E-state index contributed by atoms with van der Waals surface area (Å²) in [5, 5.41) is 5.09. The predicted molar refractivity (Wildman–Crippen MR) is 245 cm³/mol. The summed E-state index contributed by atoms with van der Waals surface area (Å²) in [6, 6.07) is 74.0. The maximum atomic E-state index is 2.47. The van der Waals surface area contributed by atoms with Crippen LogP contribution in [0.5, 0.6) is 0 Å². The molecule has 9 aromatic carbocycles. The SMILES string of the molecule is CC1(C)c2ccccc2-c2cccc(-c3ccc(N(c4ccc5c(c4)sc4ccccc45)c4cc(-c5ccc6ccccc6c5)ccc4-c4ccccc4)cc3)c21. The van der Waals surface area contributed by atoms with Gasteiger partial charge in [-0.15, -0.1) is 11.3 Å². The van der Waals surface area contributed by atoms with Gasteiger partial charge in [-0.2, -0.15) is 0 Å². The molecule has 1 nitrogen and oxygen atoms in total. The van der Waals surface area contributed by atoms with Crippen LogP contribution in [0.15, 0.2) is 200 Å². The second kappa shape index (κ2) is 13.2. The van der Waals surface area contributed by atoms with Crippen molar-refractivity contribution in [3.05, 3.63) is 211 Å². The molecule has 0 unspecified atom stereocenters. The van der Waals surface area contributed by atoms with E-state index in [0.717, 1.165) is 17.1 Å². The van der Waals surface area contributed by atoms with Crippen LogP contribution in [-0.2, 0) is 5.41 Å². The van der Waals surface area contributed by atoms with Gasteiger partial charge in [0.15, 0.2) is 0 Å². The highest BCUT2D eigenvalue weighted by molar-refractivity contribution is 7.25. The van der Waals surface area contributed by atoms with Crippen LogP contribution in [0, 0.1) is 0 Å². The molecule has 0 saturated carbocycles. The van der Waals surface area contributed by atoms with E-state index >= 15 is 0 Å². The Balaban J connectivity index is 1.11. The van der Waals surface area contributed by atoms with Gasteiger partial charge in [-0.05, 0) is 103 Å². The summed E-state index contributed by atoms with van der Waals surface area (Å²) in [5.74, 6) is 0. The maximum Gasteiger partial charge on any atom is 0.0546 e. The van der Waals surface area contributed by atoms with Crippen molar-refractivity contribution in [2.45, 2.75) is 19.3 Å². The van der Waals surface area contributed by atoms with Gasteiger partial charge in [-0.25, -0.2) is 0 Å². The molecule has 0 radical (unpaired) electrons. The van der Waals surface area contributed by atoms with Gasteiger partial charge in [0.2, 0.25) is 0 Å². The molecule has 0 bridgehead atoms. The Morgan fingerprint density at radius 3 is 1.89 bits per heavy atom. The third-order valence-corrected chi connectivity index (χ3v) is 13.2. The van der Waals surface area contributed by atoms with Crippen molar-refractivity contribution in [1.82, 2.24) is 0 Å². The third-order valence-electron chi connectivity index (χ3n) is 12.0. The molecule has 270 valence electrons. The van der Waals surface area contributed by atoms with Gasteiger partial charge in [0, 0.05) is 42.5 Å². The first-order valence-electron chi connectivity index (χ1n) is 19.8. The Morgan fingerprint density at radius 1 is 0.386 bits per heavy atom. The molecule has 1 aliphatic carbocycles. The molecule has 0 amide bonds. The molecular weight excluding hydrogens is 707 g/mol. The maximum absolute atomic E-state index is 2.47. The van der Waals surface area contributed by atoms with Gasteiger partial charge >= 0.3 is 0 Å². The van der Waals surface area contributed by atoms with E-state index in [1.807, 2.05) is 11.3 Å². The lowest BCUT2D eigenvalue weighted by molar-refractivity contribution is 0.662. The largest absolute Gasteiger partial charge is 0.310 e. The Kier molecular flexibility index (Phi) is 7.77. The molecule has 0 N–H and O–H groups in total. The highest BCUT2D eigenvalue weighted by atomic mass is 32.1. The van der Waals surface area contributed by atoms with Crippen LogP contribution >= 0.6 is 11.3 Å². The molecule has 1 aromatic heterocycles. The van der Waals surface area contributed by atoms with Crippen molar-refractivity contribution < 1.29 is 0 Å². The minimum absolute atomic E-state index is 0.0966. The topological polar surface area (TPSA) is 3.24 Å². The number of benzene rings is 9. The molecule has 0 spiro atoms. The number of hydrogen-bond acceptors (Lipinski definition) is 2. The lowest BCUT2D eigenvalue weighted by Gasteiger charge is -2.29. The highest BCUT2D eigenvalue weighted by Crippen LogP contribution is 2.52. The molecule has 0 saturated heterocycles. The summed E-state index contributed by atoms with van der Waals surface area (Å²) in [5.41, 5.74) is 16.0. The molecule has 57 heavy (non-hydrogen) atoms. The van der Waals surface area contributed by atoms with Crippen LogP contribution in [0.25, 0.3) is 75.5 Å². The highest BCUT2D eigenvalue weighted by Gasteiger charge is 2.37. The van der Waals surface area contributed by atoms with Crippen molar-refractivity contribution >= 4 is 59.3 Å². The van der Waals surface area contributed by atoms with E-state index in [9.17, 15) is 0 Å². The molecule has 10 aromatic rings. The third kappa shape index (κ3) is 5.51. The summed E-state index contributed by atoms with van der Waals surface area (Å²) >= 11 is 1.86. The quantitative estimate of drug-likeness (QED) is 0.164. The van der Waals surface area contributed by atoms with E-state index in [1.54, 1.807) is 0 Å². The van der Waals surface area contributed by atoms with E-state index in [0.29, 0.717) is 0 Å². The molecular formula is C55H39NS. The zero-order valence-electron chi connectivity index (χ0n) is 31.9. The standard InChI is InChI=1S/C55H39NS/c1-55(2)50-21-10-8-17-46(50)49-20-12-19-45(54(49)55)38-25-28-42(29-26-38)56(43-30-32-48-47-18-9-11-22-52(47)57-53(48)35-43)51-34-41(27-31-44(51)37-14-4-3-5-15-37)40-24-23-36-13-6-7-16-39(36)33-40/h3-35H,1-2H3. The van der Waals surface area contributed by atoms with Gasteiger partial charge in [-0.1, -0.05) is 172 Å². The number of fused-ring (bicyclic) bond motifs is 7. The molecule has 0 aliphatic heterocycles. The first-order valence-corrected chi connectivity index (χ1v) is 20.6. The number of thiophene rings is 1. The van der Waals surface area contributed by atoms with Crippen LogP contribution in [0.2, 0.25) is 0 Å². The average molecular weight is 746 g/mol. The van der Waals surface area contributed by atoms with Gasteiger partial charge in [0.25, 0.3) is 0 Å². The minimum Gasteiger partial charge on any atom is -0.310 e. The number of hydrogen-bond donors (Lipinski definition) is 0. The molecule has 2 heteroatoms. The fraction of sp³-hybridized carbons (Fsp3) is 0.0545. The van der Waals surface area contributed by atoms with Crippen LogP contribution in [0.1, 0.15) is 25.0 Å².